The lowest BCUT2D eigenvalue weighted by Crippen LogP contribution is -2.27. The molecule has 2 aromatic rings. The lowest BCUT2D eigenvalue weighted by molar-refractivity contribution is 0.335. The average molecular weight is 289 g/mol. The molecule has 5 heteroatoms. The summed E-state index contributed by atoms with van der Waals surface area (Å²) in [5.41, 5.74) is 1.01. The van der Waals surface area contributed by atoms with Crippen LogP contribution in [0.5, 0.6) is 0 Å². The first-order valence-electron chi connectivity index (χ1n) is 6.97. The summed E-state index contributed by atoms with van der Waals surface area (Å²) in [4.78, 5) is 5.83. The van der Waals surface area contributed by atoms with Crippen LogP contribution in [0.15, 0.2) is 33.7 Å². The third kappa shape index (κ3) is 2.60. The van der Waals surface area contributed by atoms with E-state index in [9.17, 15) is 0 Å². The highest BCUT2D eigenvalue weighted by Crippen LogP contribution is 2.34. The maximum atomic E-state index is 5.49. The van der Waals surface area contributed by atoms with E-state index in [0.29, 0.717) is 17.8 Å². The molecule has 0 spiro atoms. The number of hydrogen-bond donors (Lipinski definition) is 1. The first kappa shape index (κ1) is 13.6. The zero-order valence-corrected chi connectivity index (χ0v) is 12.6. The first-order chi connectivity index (χ1) is 9.81. The van der Waals surface area contributed by atoms with Crippen LogP contribution in [0.4, 0.5) is 0 Å². The Hall–Kier alpha value is -1.33. The van der Waals surface area contributed by atoms with Crippen molar-refractivity contribution in [1.82, 2.24) is 15.5 Å². The highest BCUT2D eigenvalue weighted by molar-refractivity contribution is 7.98. The topological polar surface area (TPSA) is 51.0 Å². The van der Waals surface area contributed by atoms with E-state index >= 15 is 0 Å². The first-order valence-corrected chi connectivity index (χ1v) is 8.19. The molecule has 0 aliphatic heterocycles. The summed E-state index contributed by atoms with van der Waals surface area (Å²) >= 11 is 1.73. The molecule has 1 aromatic heterocycles. The standard InChI is InChI=1S/C15H19N3OS/c1-16-13-5-3-4-12(13)15-17-14(18-19-15)10-6-8-11(20-2)9-7-10/h6-9,12-13,16H,3-5H2,1-2H3. The molecule has 20 heavy (non-hydrogen) atoms. The minimum atomic E-state index is 0.353. The summed E-state index contributed by atoms with van der Waals surface area (Å²) in [6, 6.07) is 8.72. The number of thioether (sulfide) groups is 1. The molecule has 0 amide bonds. The van der Waals surface area contributed by atoms with Gasteiger partial charge >= 0.3 is 0 Å². The molecule has 2 unspecified atom stereocenters. The summed E-state index contributed by atoms with van der Waals surface area (Å²) in [5.74, 6) is 1.81. The molecule has 0 saturated heterocycles. The molecule has 2 atom stereocenters. The van der Waals surface area contributed by atoms with Crippen LogP contribution in [0.25, 0.3) is 11.4 Å². The molecular formula is C15H19N3OS. The van der Waals surface area contributed by atoms with E-state index in [2.05, 4.69) is 33.8 Å². The molecule has 1 aromatic carbocycles. The van der Waals surface area contributed by atoms with Gasteiger partial charge in [0, 0.05) is 16.5 Å². The number of nitrogens with zero attached hydrogens (tertiary/aromatic N) is 2. The molecule has 1 aliphatic carbocycles. The second-order valence-corrected chi connectivity index (χ2v) is 6.00. The van der Waals surface area contributed by atoms with Gasteiger partial charge in [-0.1, -0.05) is 11.6 Å². The van der Waals surface area contributed by atoms with Gasteiger partial charge in [-0.25, -0.2) is 0 Å². The van der Waals surface area contributed by atoms with Crippen molar-refractivity contribution >= 4 is 11.8 Å². The molecular weight excluding hydrogens is 270 g/mol. The van der Waals surface area contributed by atoms with Crippen molar-refractivity contribution < 1.29 is 4.52 Å². The zero-order valence-electron chi connectivity index (χ0n) is 11.8. The van der Waals surface area contributed by atoms with Crippen molar-refractivity contribution in [2.45, 2.75) is 36.1 Å². The Morgan fingerprint density at radius 3 is 2.75 bits per heavy atom. The van der Waals surface area contributed by atoms with E-state index in [1.807, 2.05) is 19.2 Å². The number of rotatable bonds is 4. The third-order valence-corrected chi connectivity index (χ3v) is 4.74. The summed E-state index contributed by atoms with van der Waals surface area (Å²) in [7, 11) is 2.00. The lowest BCUT2D eigenvalue weighted by atomic mass is 10.0. The van der Waals surface area contributed by atoms with Crippen LogP contribution in [-0.4, -0.2) is 29.5 Å². The summed E-state index contributed by atoms with van der Waals surface area (Å²) in [6.07, 6.45) is 5.59. The zero-order chi connectivity index (χ0) is 13.9. The Bertz CT molecular complexity index is 567. The number of likely N-dealkylation sites (N-methyl/N-ethyl adjacent to an activating group) is 1. The van der Waals surface area contributed by atoms with Crippen LogP contribution in [-0.2, 0) is 0 Å². The minimum Gasteiger partial charge on any atom is -0.339 e. The molecule has 106 valence electrons. The predicted octanol–water partition coefficient (Wildman–Crippen LogP) is 3.31. The van der Waals surface area contributed by atoms with Gasteiger partial charge in [0.2, 0.25) is 11.7 Å². The van der Waals surface area contributed by atoms with E-state index in [1.54, 1.807) is 11.8 Å². The molecule has 1 N–H and O–H groups in total. The minimum absolute atomic E-state index is 0.353. The molecule has 1 saturated carbocycles. The quantitative estimate of drug-likeness (QED) is 0.875. The number of benzene rings is 1. The van der Waals surface area contributed by atoms with Crippen LogP contribution >= 0.6 is 11.8 Å². The van der Waals surface area contributed by atoms with Crippen molar-refractivity contribution in [1.29, 1.82) is 0 Å². The van der Waals surface area contributed by atoms with Crippen molar-refractivity contribution in [2.24, 2.45) is 0 Å². The van der Waals surface area contributed by atoms with Gasteiger partial charge < -0.3 is 9.84 Å². The highest BCUT2D eigenvalue weighted by atomic mass is 32.2. The SMILES string of the molecule is CNC1CCCC1c1nc(-c2ccc(SC)cc2)no1. The van der Waals surface area contributed by atoms with E-state index in [4.69, 9.17) is 4.52 Å². The van der Waals surface area contributed by atoms with Crippen LogP contribution < -0.4 is 5.32 Å². The van der Waals surface area contributed by atoms with Crippen molar-refractivity contribution in [3.8, 4) is 11.4 Å². The second-order valence-electron chi connectivity index (χ2n) is 5.12. The highest BCUT2D eigenvalue weighted by Gasteiger charge is 2.31. The maximum absolute atomic E-state index is 5.49. The van der Waals surface area contributed by atoms with Gasteiger partial charge in [-0.05, 0) is 50.4 Å². The summed E-state index contributed by atoms with van der Waals surface area (Å²) in [6.45, 7) is 0. The van der Waals surface area contributed by atoms with Gasteiger partial charge in [0.15, 0.2) is 0 Å². The monoisotopic (exact) mass is 289 g/mol. The van der Waals surface area contributed by atoms with Crippen LogP contribution in [0, 0.1) is 0 Å². The Morgan fingerprint density at radius 1 is 1.25 bits per heavy atom. The lowest BCUT2D eigenvalue weighted by Gasteiger charge is -2.14. The summed E-state index contributed by atoms with van der Waals surface area (Å²) in [5, 5.41) is 7.48. The second kappa shape index (κ2) is 5.97. The summed E-state index contributed by atoms with van der Waals surface area (Å²) < 4.78 is 5.49. The molecule has 0 bridgehead atoms. The molecule has 4 nitrogen and oxygen atoms in total. The smallest absolute Gasteiger partial charge is 0.231 e. The fraction of sp³-hybridized carbons (Fsp3) is 0.467. The van der Waals surface area contributed by atoms with Gasteiger partial charge in [0.25, 0.3) is 0 Å². The van der Waals surface area contributed by atoms with Crippen LogP contribution in [0.2, 0.25) is 0 Å². The van der Waals surface area contributed by atoms with Gasteiger partial charge in [-0.2, -0.15) is 4.98 Å². The number of nitrogens with one attached hydrogen (secondary N) is 1. The molecule has 0 radical (unpaired) electrons. The van der Waals surface area contributed by atoms with Crippen molar-refractivity contribution in [3.05, 3.63) is 30.2 Å². The fourth-order valence-electron chi connectivity index (χ4n) is 2.84. The average Bonchev–Trinajstić information content (AvgIpc) is 3.15. The normalized spacial score (nSPS) is 22.3. The molecule has 1 heterocycles. The van der Waals surface area contributed by atoms with Gasteiger partial charge in [0.05, 0.1) is 5.92 Å². The number of hydrogen-bond acceptors (Lipinski definition) is 5. The molecule has 3 rings (SSSR count). The van der Waals surface area contributed by atoms with Gasteiger partial charge in [0.1, 0.15) is 0 Å². The van der Waals surface area contributed by atoms with E-state index in [0.717, 1.165) is 17.9 Å². The maximum Gasteiger partial charge on any atom is 0.231 e. The van der Waals surface area contributed by atoms with E-state index < -0.39 is 0 Å². The molecule has 1 aliphatic rings. The van der Waals surface area contributed by atoms with E-state index in [-0.39, 0.29) is 0 Å². The van der Waals surface area contributed by atoms with Crippen LogP contribution in [0.3, 0.4) is 0 Å². The van der Waals surface area contributed by atoms with E-state index in [1.165, 1.54) is 17.7 Å². The van der Waals surface area contributed by atoms with Crippen LogP contribution in [0.1, 0.15) is 31.1 Å². The Balaban J connectivity index is 1.82. The Labute approximate surface area is 123 Å². The Kier molecular flexibility index (Phi) is 4.08. The fourth-order valence-corrected chi connectivity index (χ4v) is 3.25. The Morgan fingerprint density at radius 2 is 2.05 bits per heavy atom. The third-order valence-electron chi connectivity index (χ3n) is 3.99. The van der Waals surface area contributed by atoms with Gasteiger partial charge in [-0.3, -0.25) is 0 Å². The van der Waals surface area contributed by atoms with Crippen molar-refractivity contribution in [3.63, 3.8) is 0 Å². The predicted molar refractivity (Wildman–Crippen MR) is 81.0 cm³/mol. The molecule has 1 fully saturated rings. The number of aromatic nitrogens is 2. The van der Waals surface area contributed by atoms with Crippen molar-refractivity contribution in [2.75, 3.05) is 13.3 Å². The largest absolute Gasteiger partial charge is 0.339 e. The van der Waals surface area contributed by atoms with Gasteiger partial charge in [-0.15, -0.1) is 11.8 Å².